The zero-order valence-corrected chi connectivity index (χ0v) is 21.4. The van der Waals surface area contributed by atoms with Gasteiger partial charge in [-0.3, -0.25) is 9.59 Å². The first-order valence-electron chi connectivity index (χ1n) is 11.9. The van der Waals surface area contributed by atoms with Crippen molar-refractivity contribution in [1.82, 2.24) is 10.6 Å². The lowest BCUT2D eigenvalue weighted by molar-refractivity contribution is -1.03. The molecule has 1 rings (SSSR count). The molecule has 0 aromatic rings. The molecule has 1 aliphatic heterocycles. The number of likely N-dealkylation sites (N-methyl/N-ethyl adjacent to an activating group) is 2. The molecule has 0 aliphatic carbocycles. The SMILES string of the molecule is C=C(C)C(=O)NCCC[N+](C)(C)CC(=O)NCC[NH+]1CC[NH+](C(CO)C[N+](C)(C)C)CC1. The second kappa shape index (κ2) is 13.3. The first kappa shape index (κ1) is 28.5. The molecule has 186 valence electrons. The number of piperazine rings is 1. The molecule has 0 saturated carbocycles. The average molecular weight is 459 g/mol. The van der Waals surface area contributed by atoms with Crippen molar-refractivity contribution >= 4 is 11.8 Å². The van der Waals surface area contributed by atoms with Crippen molar-refractivity contribution in [2.24, 2.45) is 0 Å². The molecule has 0 aromatic carbocycles. The molecule has 9 heteroatoms. The number of aliphatic hydroxyl groups excluding tert-OH is 1. The van der Waals surface area contributed by atoms with E-state index in [1.807, 2.05) is 14.1 Å². The Hall–Kier alpha value is -1.52. The van der Waals surface area contributed by atoms with E-state index in [1.54, 1.807) is 6.92 Å². The third kappa shape index (κ3) is 11.9. The number of hydrogen-bond acceptors (Lipinski definition) is 3. The summed E-state index contributed by atoms with van der Waals surface area (Å²) in [7, 11) is 10.6. The van der Waals surface area contributed by atoms with Crippen LogP contribution in [0.4, 0.5) is 0 Å². The molecule has 1 saturated heterocycles. The van der Waals surface area contributed by atoms with E-state index >= 15 is 0 Å². The molecule has 0 spiro atoms. The second-order valence-corrected chi connectivity index (χ2v) is 11.1. The predicted octanol–water partition coefficient (Wildman–Crippen LogP) is -3.89. The van der Waals surface area contributed by atoms with Gasteiger partial charge in [0, 0.05) is 18.5 Å². The van der Waals surface area contributed by atoms with Gasteiger partial charge in [0.1, 0.15) is 39.3 Å². The normalized spacial score (nSPS) is 20.5. The maximum absolute atomic E-state index is 12.4. The fourth-order valence-electron chi connectivity index (χ4n) is 4.32. The Balaban J connectivity index is 2.24. The molecule has 1 heterocycles. The largest absolute Gasteiger partial charge is 0.390 e. The molecule has 1 unspecified atom stereocenters. The zero-order chi connectivity index (χ0) is 24.4. The molecule has 5 N–H and O–H groups in total. The predicted molar refractivity (Wildman–Crippen MR) is 127 cm³/mol. The van der Waals surface area contributed by atoms with Crippen molar-refractivity contribution in [3.63, 3.8) is 0 Å². The third-order valence-electron chi connectivity index (χ3n) is 6.15. The van der Waals surface area contributed by atoms with Crippen molar-refractivity contribution in [2.75, 3.05) is 107 Å². The van der Waals surface area contributed by atoms with E-state index in [-0.39, 0.29) is 18.4 Å². The molecule has 1 aliphatic rings. The Bertz CT molecular complexity index is 609. The fraction of sp³-hybridized carbons (Fsp3) is 0.826. The Morgan fingerprint density at radius 1 is 1.03 bits per heavy atom. The summed E-state index contributed by atoms with van der Waals surface area (Å²) < 4.78 is 1.47. The van der Waals surface area contributed by atoms with E-state index in [1.165, 1.54) is 9.80 Å². The molecule has 2 amide bonds. The van der Waals surface area contributed by atoms with Gasteiger partial charge >= 0.3 is 0 Å². The quantitative estimate of drug-likeness (QED) is 0.105. The van der Waals surface area contributed by atoms with E-state index in [2.05, 4.69) is 38.4 Å². The number of carbonyl (C=O) groups is 2. The molecule has 0 radical (unpaired) electrons. The third-order valence-corrected chi connectivity index (χ3v) is 6.15. The minimum Gasteiger partial charge on any atom is -0.390 e. The molecule has 0 aromatic heterocycles. The summed E-state index contributed by atoms with van der Waals surface area (Å²) in [6.45, 7) is 14.3. The monoisotopic (exact) mass is 458 g/mol. The molecule has 32 heavy (non-hydrogen) atoms. The summed E-state index contributed by atoms with van der Waals surface area (Å²) >= 11 is 0. The summed E-state index contributed by atoms with van der Waals surface area (Å²) in [6, 6.07) is 0.297. The average Bonchev–Trinajstić information content (AvgIpc) is 2.68. The standard InChI is InChI=1S/C23H46N6O3/c1-20(2)23(32)25-9-8-16-29(6,7)18-22(31)24-10-11-26-12-14-27(15-13-26)21(19-30)17-28(3,4)5/h21,30H,1,8-19H2,2-7H3/p+4. The Labute approximate surface area is 195 Å². The lowest BCUT2D eigenvalue weighted by atomic mass is 10.2. The molecular formula is C23H50N6O3+4. The van der Waals surface area contributed by atoms with Gasteiger partial charge in [-0.15, -0.1) is 0 Å². The molecule has 9 nitrogen and oxygen atoms in total. The maximum Gasteiger partial charge on any atom is 0.275 e. The highest BCUT2D eigenvalue weighted by Crippen LogP contribution is 1.99. The first-order valence-corrected chi connectivity index (χ1v) is 11.9. The Morgan fingerprint density at radius 3 is 2.19 bits per heavy atom. The Kier molecular flexibility index (Phi) is 11.8. The van der Waals surface area contributed by atoms with Gasteiger partial charge in [0.25, 0.3) is 5.91 Å². The minimum absolute atomic E-state index is 0.0768. The fourth-order valence-corrected chi connectivity index (χ4v) is 4.32. The van der Waals surface area contributed by atoms with Crippen molar-refractivity contribution in [2.45, 2.75) is 19.4 Å². The summed E-state index contributed by atoms with van der Waals surface area (Å²) in [5, 5.41) is 15.7. The van der Waals surface area contributed by atoms with Crippen LogP contribution in [0.5, 0.6) is 0 Å². The molecule has 0 bridgehead atoms. The number of nitrogens with one attached hydrogen (secondary N) is 4. The number of quaternary nitrogens is 4. The van der Waals surface area contributed by atoms with Gasteiger partial charge in [-0.05, 0) is 6.92 Å². The van der Waals surface area contributed by atoms with E-state index < -0.39 is 0 Å². The van der Waals surface area contributed by atoms with Crippen LogP contribution in [0, 0.1) is 0 Å². The topological polar surface area (TPSA) is 87.3 Å². The summed E-state index contributed by atoms with van der Waals surface area (Å²) in [5.41, 5.74) is 0.514. The summed E-state index contributed by atoms with van der Waals surface area (Å²) in [6.07, 6.45) is 0.818. The van der Waals surface area contributed by atoms with Gasteiger partial charge in [-0.1, -0.05) is 6.58 Å². The summed E-state index contributed by atoms with van der Waals surface area (Å²) in [5.74, 6) is -0.0360. The van der Waals surface area contributed by atoms with E-state index in [0.29, 0.717) is 35.7 Å². The van der Waals surface area contributed by atoms with Crippen LogP contribution < -0.4 is 20.4 Å². The van der Waals surface area contributed by atoms with Gasteiger partial charge in [0.05, 0.1) is 54.9 Å². The number of aliphatic hydroxyl groups is 1. The molecule has 1 atom stereocenters. The highest BCUT2D eigenvalue weighted by Gasteiger charge is 2.32. The van der Waals surface area contributed by atoms with Crippen LogP contribution in [0.1, 0.15) is 13.3 Å². The number of hydrogen-bond donors (Lipinski definition) is 5. The van der Waals surface area contributed by atoms with Crippen LogP contribution in [0.25, 0.3) is 0 Å². The van der Waals surface area contributed by atoms with Crippen molar-refractivity contribution in [3.05, 3.63) is 12.2 Å². The van der Waals surface area contributed by atoms with Crippen molar-refractivity contribution in [3.8, 4) is 0 Å². The Morgan fingerprint density at radius 2 is 1.66 bits per heavy atom. The maximum atomic E-state index is 12.4. The summed E-state index contributed by atoms with van der Waals surface area (Å²) in [4.78, 5) is 26.9. The van der Waals surface area contributed by atoms with E-state index in [4.69, 9.17) is 0 Å². The van der Waals surface area contributed by atoms with E-state index in [0.717, 1.165) is 56.7 Å². The highest BCUT2D eigenvalue weighted by molar-refractivity contribution is 5.92. The van der Waals surface area contributed by atoms with Gasteiger partial charge < -0.3 is 34.5 Å². The minimum atomic E-state index is -0.113. The lowest BCUT2D eigenvalue weighted by Gasteiger charge is -2.36. The van der Waals surface area contributed by atoms with Gasteiger partial charge in [0.2, 0.25) is 5.91 Å². The second-order valence-electron chi connectivity index (χ2n) is 11.1. The van der Waals surface area contributed by atoms with Gasteiger partial charge in [0.15, 0.2) is 12.6 Å². The van der Waals surface area contributed by atoms with Crippen LogP contribution in [0.2, 0.25) is 0 Å². The first-order chi connectivity index (χ1) is 14.8. The van der Waals surface area contributed by atoms with Crippen LogP contribution in [-0.2, 0) is 9.59 Å². The smallest absolute Gasteiger partial charge is 0.275 e. The van der Waals surface area contributed by atoms with Gasteiger partial charge in [-0.2, -0.15) is 0 Å². The molecule has 1 fully saturated rings. The molecular weight excluding hydrogens is 408 g/mol. The number of carbonyl (C=O) groups excluding carboxylic acids is 2. The lowest BCUT2D eigenvalue weighted by Crippen LogP contribution is -3.30. The van der Waals surface area contributed by atoms with E-state index in [9.17, 15) is 14.7 Å². The number of nitrogens with zero attached hydrogens (tertiary/aromatic N) is 2. The number of amides is 2. The van der Waals surface area contributed by atoms with Crippen LogP contribution in [0.15, 0.2) is 12.2 Å². The number of rotatable bonds is 14. The van der Waals surface area contributed by atoms with Crippen LogP contribution in [0.3, 0.4) is 0 Å². The van der Waals surface area contributed by atoms with Crippen molar-refractivity contribution in [1.29, 1.82) is 0 Å². The zero-order valence-electron chi connectivity index (χ0n) is 21.4. The van der Waals surface area contributed by atoms with Crippen molar-refractivity contribution < 1.29 is 33.5 Å². The van der Waals surface area contributed by atoms with Crippen LogP contribution in [-0.4, -0.2) is 139 Å². The van der Waals surface area contributed by atoms with Crippen LogP contribution >= 0.6 is 0 Å². The van der Waals surface area contributed by atoms with Gasteiger partial charge in [-0.25, -0.2) is 0 Å². The highest BCUT2D eigenvalue weighted by atomic mass is 16.3.